The van der Waals surface area contributed by atoms with Crippen LogP contribution < -0.4 is 15.5 Å². The van der Waals surface area contributed by atoms with Crippen molar-refractivity contribution in [2.24, 2.45) is 0 Å². The molecule has 1 fully saturated rings. The van der Waals surface area contributed by atoms with Crippen LogP contribution in [0.2, 0.25) is 0 Å². The number of nitrogens with one attached hydrogen (secondary N) is 2. The quantitative estimate of drug-likeness (QED) is 0.820. The van der Waals surface area contributed by atoms with Gasteiger partial charge in [-0.1, -0.05) is 12.1 Å². The van der Waals surface area contributed by atoms with Gasteiger partial charge in [0.15, 0.2) is 5.11 Å². The first-order valence-electron chi connectivity index (χ1n) is 8.54. The number of aryl methyl sites for hydroxylation is 1. The highest BCUT2D eigenvalue weighted by molar-refractivity contribution is 7.80. The molecule has 0 unspecified atom stereocenters. The lowest BCUT2D eigenvalue weighted by molar-refractivity contribution is 0.122. The van der Waals surface area contributed by atoms with Gasteiger partial charge in [0.05, 0.1) is 19.3 Å². The first-order valence-corrected chi connectivity index (χ1v) is 8.95. The molecule has 3 rings (SSSR count). The van der Waals surface area contributed by atoms with Gasteiger partial charge in [0.1, 0.15) is 5.82 Å². The second-order valence-electron chi connectivity index (χ2n) is 6.23. The molecular formula is C19H24N4OS. The van der Waals surface area contributed by atoms with Crippen molar-refractivity contribution in [3.8, 4) is 0 Å². The number of morpholine rings is 1. The topological polar surface area (TPSA) is 49.4 Å². The van der Waals surface area contributed by atoms with Gasteiger partial charge in [0.25, 0.3) is 0 Å². The highest BCUT2D eigenvalue weighted by Crippen LogP contribution is 2.20. The second-order valence-corrected chi connectivity index (χ2v) is 6.64. The van der Waals surface area contributed by atoms with E-state index in [2.05, 4.69) is 51.7 Å². The Bertz CT molecular complexity index is 714. The van der Waals surface area contributed by atoms with E-state index in [1.165, 1.54) is 11.3 Å². The van der Waals surface area contributed by atoms with Crippen LogP contribution in [0.5, 0.6) is 0 Å². The van der Waals surface area contributed by atoms with Crippen molar-refractivity contribution in [2.75, 3.05) is 36.5 Å². The number of pyridine rings is 1. The molecule has 0 spiro atoms. The zero-order valence-electron chi connectivity index (χ0n) is 14.7. The molecule has 0 amide bonds. The average molecular weight is 356 g/mol. The lowest BCUT2D eigenvalue weighted by Crippen LogP contribution is -2.36. The number of nitrogens with zero attached hydrogens (tertiary/aromatic N) is 2. The molecule has 1 aromatic carbocycles. The van der Waals surface area contributed by atoms with E-state index in [1.54, 1.807) is 6.20 Å². The number of hydrogen-bond acceptors (Lipinski definition) is 4. The number of aromatic nitrogens is 1. The Hall–Kier alpha value is -2.18. The normalized spacial score (nSPS) is 15.5. The van der Waals surface area contributed by atoms with Crippen LogP contribution in [0.1, 0.15) is 24.1 Å². The van der Waals surface area contributed by atoms with Crippen molar-refractivity contribution in [1.82, 2.24) is 10.3 Å². The van der Waals surface area contributed by atoms with E-state index in [9.17, 15) is 0 Å². The van der Waals surface area contributed by atoms with Gasteiger partial charge in [-0.3, -0.25) is 0 Å². The van der Waals surface area contributed by atoms with E-state index in [0.29, 0.717) is 5.11 Å². The fraction of sp³-hybridized carbons (Fsp3) is 0.368. The van der Waals surface area contributed by atoms with Crippen molar-refractivity contribution in [3.05, 3.63) is 53.7 Å². The van der Waals surface area contributed by atoms with Gasteiger partial charge < -0.3 is 20.3 Å². The van der Waals surface area contributed by atoms with Crippen LogP contribution in [0.3, 0.4) is 0 Å². The van der Waals surface area contributed by atoms with Crippen molar-refractivity contribution in [3.63, 3.8) is 0 Å². The number of thiocarbonyl (C=S) groups is 1. The van der Waals surface area contributed by atoms with E-state index in [1.807, 2.05) is 19.1 Å². The number of rotatable bonds is 4. The highest BCUT2D eigenvalue weighted by Gasteiger charge is 2.12. The van der Waals surface area contributed by atoms with Crippen LogP contribution in [0.4, 0.5) is 11.5 Å². The van der Waals surface area contributed by atoms with Gasteiger partial charge in [-0.2, -0.15) is 0 Å². The van der Waals surface area contributed by atoms with Crippen LogP contribution in [-0.2, 0) is 4.74 Å². The first-order chi connectivity index (χ1) is 12.1. The molecule has 6 heteroatoms. The van der Waals surface area contributed by atoms with Gasteiger partial charge in [-0.15, -0.1) is 0 Å². The molecule has 1 atom stereocenters. The Morgan fingerprint density at radius 3 is 2.60 bits per heavy atom. The largest absolute Gasteiger partial charge is 0.378 e. The monoisotopic (exact) mass is 356 g/mol. The predicted octanol–water partition coefficient (Wildman–Crippen LogP) is 3.27. The number of anilines is 2. The molecule has 25 heavy (non-hydrogen) atoms. The van der Waals surface area contributed by atoms with Crippen molar-refractivity contribution in [2.45, 2.75) is 19.9 Å². The summed E-state index contributed by atoms with van der Waals surface area (Å²) in [5.74, 6) is 0.757. The van der Waals surface area contributed by atoms with E-state index >= 15 is 0 Å². The van der Waals surface area contributed by atoms with Crippen LogP contribution in [0.15, 0.2) is 42.6 Å². The summed E-state index contributed by atoms with van der Waals surface area (Å²) in [6, 6.07) is 12.7. The minimum absolute atomic E-state index is 0.114. The third-order valence-electron chi connectivity index (χ3n) is 4.27. The Kier molecular flexibility index (Phi) is 5.83. The first kappa shape index (κ1) is 17.6. The molecule has 1 aliphatic rings. The molecule has 0 aliphatic carbocycles. The zero-order chi connectivity index (χ0) is 17.6. The molecule has 1 saturated heterocycles. The van der Waals surface area contributed by atoms with Gasteiger partial charge in [0, 0.05) is 25.0 Å². The maximum absolute atomic E-state index is 5.41. The van der Waals surface area contributed by atoms with Crippen LogP contribution in [0, 0.1) is 6.92 Å². The molecule has 1 aliphatic heterocycles. The van der Waals surface area contributed by atoms with E-state index < -0.39 is 0 Å². The fourth-order valence-electron chi connectivity index (χ4n) is 2.83. The molecule has 1 aromatic heterocycles. The summed E-state index contributed by atoms with van der Waals surface area (Å²) in [5, 5.41) is 7.02. The summed E-state index contributed by atoms with van der Waals surface area (Å²) < 4.78 is 5.41. The summed E-state index contributed by atoms with van der Waals surface area (Å²) in [4.78, 5) is 6.62. The number of benzene rings is 1. The Labute approximate surface area is 154 Å². The Morgan fingerprint density at radius 2 is 1.92 bits per heavy atom. The summed E-state index contributed by atoms with van der Waals surface area (Å²) in [7, 11) is 0. The summed E-state index contributed by atoms with van der Waals surface area (Å²) >= 11 is 5.40. The van der Waals surface area contributed by atoms with Crippen molar-refractivity contribution < 1.29 is 4.74 Å². The van der Waals surface area contributed by atoms with Crippen molar-refractivity contribution >= 4 is 28.8 Å². The lowest BCUT2D eigenvalue weighted by Gasteiger charge is -2.29. The number of hydrogen-bond donors (Lipinski definition) is 2. The molecular weight excluding hydrogens is 332 g/mol. The van der Waals surface area contributed by atoms with Gasteiger partial charge in [0.2, 0.25) is 0 Å². The van der Waals surface area contributed by atoms with Gasteiger partial charge >= 0.3 is 0 Å². The smallest absolute Gasteiger partial charge is 0.172 e. The second kappa shape index (κ2) is 8.27. The van der Waals surface area contributed by atoms with Crippen LogP contribution >= 0.6 is 12.2 Å². The minimum Gasteiger partial charge on any atom is -0.378 e. The third kappa shape index (κ3) is 4.90. The fourth-order valence-corrected chi connectivity index (χ4v) is 3.11. The summed E-state index contributed by atoms with van der Waals surface area (Å²) in [6.07, 6.45) is 1.77. The summed E-state index contributed by atoms with van der Waals surface area (Å²) in [5.41, 5.74) is 3.58. The van der Waals surface area contributed by atoms with E-state index in [-0.39, 0.29) is 6.04 Å². The summed E-state index contributed by atoms with van der Waals surface area (Å²) in [6.45, 7) is 7.62. The van der Waals surface area contributed by atoms with Crippen LogP contribution in [0.25, 0.3) is 0 Å². The zero-order valence-corrected chi connectivity index (χ0v) is 15.5. The Morgan fingerprint density at radius 1 is 1.20 bits per heavy atom. The highest BCUT2D eigenvalue weighted by atomic mass is 32.1. The molecule has 0 radical (unpaired) electrons. The van der Waals surface area contributed by atoms with Crippen molar-refractivity contribution in [1.29, 1.82) is 0 Å². The van der Waals surface area contributed by atoms with E-state index in [0.717, 1.165) is 37.7 Å². The molecule has 5 nitrogen and oxygen atoms in total. The SMILES string of the molecule is Cc1ccnc(NC(=S)N[C@H](C)c2ccc(N3CCOCC3)cc2)c1. The van der Waals surface area contributed by atoms with Gasteiger partial charge in [-0.25, -0.2) is 4.98 Å². The molecule has 0 saturated carbocycles. The molecule has 2 aromatic rings. The van der Waals surface area contributed by atoms with Gasteiger partial charge in [-0.05, 0) is 61.5 Å². The number of ether oxygens (including phenoxy) is 1. The molecule has 2 heterocycles. The third-order valence-corrected chi connectivity index (χ3v) is 4.49. The minimum atomic E-state index is 0.114. The van der Waals surface area contributed by atoms with E-state index in [4.69, 9.17) is 17.0 Å². The maximum Gasteiger partial charge on any atom is 0.172 e. The average Bonchev–Trinajstić information content (AvgIpc) is 2.62. The standard InChI is InChI=1S/C19H24N4OS/c1-14-7-8-20-18(13-14)22-19(25)21-15(2)16-3-5-17(6-4-16)23-9-11-24-12-10-23/h3-8,13,15H,9-12H2,1-2H3,(H2,20,21,22,25)/t15-/m1/s1. The molecule has 0 bridgehead atoms. The molecule has 132 valence electrons. The lowest BCUT2D eigenvalue weighted by atomic mass is 10.1. The molecule has 2 N–H and O–H groups in total. The maximum atomic E-state index is 5.41. The Balaban J connectivity index is 1.57. The predicted molar refractivity (Wildman–Crippen MR) is 106 cm³/mol. The van der Waals surface area contributed by atoms with Crippen LogP contribution in [-0.4, -0.2) is 36.4 Å².